The van der Waals surface area contributed by atoms with Gasteiger partial charge in [-0.2, -0.15) is 0 Å². The van der Waals surface area contributed by atoms with Crippen LogP contribution in [0.1, 0.15) is 31.4 Å². The summed E-state index contributed by atoms with van der Waals surface area (Å²) >= 11 is 7.30. The van der Waals surface area contributed by atoms with Crippen molar-refractivity contribution in [3.8, 4) is 17.0 Å². The summed E-state index contributed by atoms with van der Waals surface area (Å²) < 4.78 is 6.61. The number of carbonyl (C=O) groups is 1. The van der Waals surface area contributed by atoms with Crippen LogP contribution >= 0.6 is 23.4 Å². The molecule has 10 heteroatoms. The molecule has 0 fully saturated rings. The van der Waals surface area contributed by atoms with Crippen molar-refractivity contribution >= 4 is 40.7 Å². The Morgan fingerprint density at radius 2 is 2.11 bits per heavy atom. The van der Waals surface area contributed by atoms with Crippen LogP contribution in [0.3, 0.4) is 0 Å². The highest BCUT2D eigenvalue weighted by molar-refractivity contribution is 7.99. The van der Waals surface area contributed by atoms with Crippen molar-refractivity contribution < 1.29 is 9.53 Å². The van der Waals surface area contributed by atoms with E-state index in [0.29, 0.717) is 38.7 Å². The van der Waals surface area contributed by atoms with Gasteiger partial charge in [0.1, 0.15) is 5.75 Å². The Hall–Kier alpha value is -3.30. The zero-order valence-electron chi connectivity index (χ0n) is 19.5. The molecule has 0 unspecified atom stereocenters. The van der Waals surface area contributed by atoms with Gasteiger partial charge in [-0.1, -0.05) is 61.5 Å². The highest BCUT2D eigenvalue weighted by Crippen LogP contribution is 2.42. The van der Waals surface area contributed by atoms with Crippen LogP contribution in [0, 0.1) is 0 Å². The molecule has 35 heavy (non-hydrogen) atoms. The number of aromatic amines is 1. The third kappa shape index (κ3) is 4.08. The molecule has 0 bridgehead atoms. The highest BCUT2D eigenvalue weighted by atomic mass is 35.5. The van der Waals surface area contributed by atoms with Gasteiger partial charge in [0, 0.05) is 16.7 Å². The van der Waals surface area contributed by atoms with Gasteiger partial charge < -0.3 is 10.1 Å². The van der Waals surface area contributed by atoms with E-state index >= 15 is 0 Å². The van der Waals surface area contributed by atoms with Gasteiger partial charge in [-0.3, -0.25) is 9.59 Å². The van der Waals surface area contributed by atoms with Crippen LogP contribution in [0.5, 0.6) is 5.75 Å². The number of hydrogen-bond acceptors (Lipinski definition) is 6. The topological polar surface area (TPSA) is 101 Å². The van der Waals surface area contributed by atoms with E-state index in [4.69, 9.17) is 21.3 Å². The highest BCUT2D eigenvalue weighted by Gasteiger charge is 2.38. The molecule has 1 amide bonds. The second kappa shape index (κ2) is 9.05. The maximum Gasteiger partial charge on any atom is 0.265 e. The Kier molecular flexibility index (Phi) is 6.06. The van der Waals surface area contributed by atoms with Crippen LogP contribution < -0.4 is 15.6 Å². The Labute approximate surface area is 211 Å². The number of fused-ring (bicyclic) bond motifs is 4. The fourth-order valence-electron chi connectivity index (χ4n) is 4.54. The largest absolute Gasteiger partial charge is 0.495 e. The van der Waals surface area contributed by atoms with Crippen LogP contribution in [-0.4, -0.2) is 38.4 Å². The molecule has 2 aromatic heterocycles. The lowest BCUT2D eigenvalue weighted by Gasteiger charge is -2.34. The normalized spacial score (nSPS) is 16.6. The van der Waals surface area contributed by atoms with E-state index in [2.05, 4.69) is 35.4 Å². The first kappa shape index (κ1) is 23.4. The number of anilines is 1. The molecule has 2 aromatic carbocycles. The maximum atomic E-state index is 13.8. The summed E-state index contributed by atoms with van der Waals surface area (Å²) in [6.45, 7) is 4.20. The number of rotatable bonds is 6. The van der Waals surface area contributed by atoms with Gasteiger partial charge in [-0.25, -0.2) is 14.5 Å². The van der Waals surface area contributed by atoms with E-state index in [-0.39, 0.29) is 22.6 Å². The number of nitrogens with zero attached hydrogens (tertiary/aromatic N) is 3. The lowest BCUT2D eigenvalue weighted by molar-refractivity contribution is -0.113. The molecule has 1 atom stereocenters. The number of amides is 1. The van der Waals surface area contributed by atoms with Crippen molar-refractivity contribution in [2.75, 3.05) is 18.2 Å². The molecule has 5 rings (SSSR count). The van der Waals surface area contributed by atoms with Crippen molar-refractivity contribution in [2.24, 2.45) is 0 Å². The first-order valence-corrected chi connectivity index (χ1v) is 12.6. The van der Waals surface area contributed by atoms with Crippen molar-refractivity contribution in [3.63, 3.8) is 0 Å². The smallest absolute Gasteiger partial charge is 0.265 e. The molecule has 2 N–H and O–H groups in total. The van der Waals surface area contributed by atoms with E-state index in [1.54, 1.807) is 18.2 Å². The summed E-state index contributed by atoms with van der Waals surface area (Å²) in [6.07, 6.45) is 1.56. The Balaban J connectivity index is 1.45. The first-order chi connectivity index (χ1) is 16.8. The van der Waals surface area contributed by atoms with Crippen LogP contribution in [-0.2, 0) is 16.6 Å². The number of benzene rings is 2. The van der Waals surface area contributed by atoms with Crippen molar-refractivity contribution in [2.45, 2.75) is 37.3 Å². The molecule has 180 valence electrons. The zero-order valence-corrected chi connectivity index (χ0v) is 21.1. The number of ether oxygens (including phenoxy) is 1. The average Bonchev–Trinajstić information content (AvgIpc) is 3.26. The van der Waals surface area contributed by atoms with Gasteiger partial charge in [0.2, 0.25) is 11.7 Å². The molecule has 0 aliphatic heterocycles. The van der Waals surface area contributed by atoms with Crippen molar-refractivity contribution in [1.82, 2.24) is 19.6 Å². The first-order valence-electron chi connectivity index (χ1n) is 11.2. The molecular weight excluding hydrogens is 486 g/mol. The number of aromatic nitrogens is 4. The monoisotopic (exact) mass is 509 g/mol. The zero-order chi connectivity index (χ0) is 24.7. The minimum atomic E-state index is -0.348. The van der Waals surface area contributed by atoms with Crippen LogP contribution in [0.15, 0.2) is 52.4 Å². The predicted octanol–water partition coefficient (Wildman–Crippen LogP) is 4.70. The number of halogens is 1. The van der Waals surface area contributed by atoms with Gasteiger partial charge in [-0.05, 0) is 36.6 Å². The molecular formula is C25H24ClN5O3S. The summed E-state index contributed by atoms with van der Waals surface area (Å²) in [5.74, 6) is 0.687. The number of hydrogen-bond donors (Lipinski definition) is 2. The average molecular weight is 510 g/mol. The van der Waals surface area contributed by atoms with Gasteiger partial charge in [-0.15, -0.1) is 5.10 Å². The molecule has 2 heterocycles. The predicted molar refractivity (Wildman–Crippen MR) is 138 cm³/mol. The van der Waals surface area contributed by atoms with Gasteiger partial charge >= 0.3 is 0 Å². The number of thioether (sulfide) groups is 1. The third-order valence-corrected chi connectivity index (χ3v) is 7.76. The van der Waals surface area contributed by atoms with E-state index in [0.717, 1.165) is 30.2 Å². The van der Waals surface area contributed by atoms with Gasteiger partial charge in [0.15, 0.2) is 5.16 Å². The molecule has 4 aromatic rings. The third-order valence-electron chi connectivity index (χ3n) is 6.53. The Bertz CT molecular complexity index is 1520. The van der Waals surface area contributed by atoms with E-state index in [1.165, 1.54) is 17.1 Å². The SMILES string of the molecule is CC[C@@]1(C)Cc2ccccc2-c2nc3[nH]nc(SCC(=O)Nc4ccc(OC)c(Cl)c4)n3c(=O)c21. The standard InChI is InChI=1S/C25H24ClN5O3S/c1-4-25(2)12-14-7-5-6-8-16(14)21-20(25)22(33)31-23(28-21)29-30-24(31)35-13-19(32)27-15-9-10-18(34-3)17(26)11-15/h5-11H,4,12-13H2,1-3H3,(H,27,32)(H,28,29)/t25-/m0/s1. The van der Waals surface area contributed by atoms with E-state index < -0.39 is 0 Å². The van der Waals surface area contributed by atoms with E-state index in [1.807, 2.05) is 18.2 Å². The summed E-state index contributed by atoms with van der Waals surface area (Å²) in [4.78, 5) is 31.2. The minimum Gasteiger partial charge on any atom is -0.495 e. The quantitative estimate of drug-likeness (QED) is 0.365. The van der Waals surface area contributed by atoms with Crippen molar-refractivity contribution in [1.29, 1.82) is 0 Å². The maximum absolute atomic E-state index is 13.8. The molecule has 0 saturated heterocycles. The van der Waals surface area contributed by atoms with Crippen LogP contribution in [0.2, 0.25) is 5.02 Å². The molecule has 0 saturated carbocycles. The summed E-state index contributed by atoms with van der Waals surface area (Å²) in [5, 5.41) is 10.8. The second-order valence-corrected chi connectivity index (χ2v) is 10.1. The summed E-state index contributed by atoms with van der Waals surface area (Å²) in [5.41, 5.74) is 3.62. The van der Waals surface area contributed by atoms with Gasteiger partial charge in [0.05, 0.1) is 29.1 Å². The Morgan fingerprint density at radius 1 is 1.31 bits per heavy atom. The Morgan fingerprint density at radius 3 is 2.86 bits per heavy atom. The van der Waals surface area contributed by atoms with Crippen LogP contribution in [0.4, 0.5) is 5.69 Å². The minimum absolute atomic E-state index is 0.0566. The molecule has 1 aliphatic carbocycles. The van der Waals surface area contributed by atoms with Crippen LogP contribution in [0.25, 0.3) is 17.0 Å². The summed E-state index contributed by atoms with van der Waals surface area (Å²) in [7, 11) is 1.53. The molecule has 1 aliphatic rings. The lowest BCUT2D eigenvalue weighted by Crippen LogP contribution is -2.37. The lowest BCUT2D eigenvalue weighted by atomic mass is 9.69. The van der Waals surface area contributed by atoms with Crippen molar-refractivity contribution in [3.05, 3.63) is 69.0 Å². The molecule has 0 spiro atoms. The summed E-state index contributed by atoms with van der Waals surface area (Å²) in [6, 6.07) is 13.1. The molecule has 8 nitrogen and oxygen atoms in total. The van der Waals surface area contributed by atoms with Gasteiger partial charge in [0.25, 0.3) is 5.56 Å². The molecule has 0 radical (unpaired) electrons. The fraction of sp³-hybridized carbons (Fsp3) is 0.280. The number of nitrogens with one attached hydrogen (secondary N) is 2. The second-order valence-electron chi connectivity index (χ2n) is 8.74. The number of carbonyl (C=O) groups excluding carboxylic acids is 1. The number of H-pyrrole nitrogens is 1. The fourth-order valence-corrected chi connectivity index (χ4v) is 5.54. The van der Waals surface area contributed by atoms with E-state index in [9.17, 15) is 9.59 Å². The number of methoxy groups -OCH3 is 1.